The average molecular weight is 278 g/mol. The van der Waals surface area contributed by atoms with Gasteiger partial charge in [0.25, 0.3) is 0 Å². The van der Waals surface area contributed by atoms with Crippen molar-refractivity contribution in [3.8, 4) is 22.9 Å². The third-order valence-electron chi connectivity index (χ3n) is 3.61. The molecule has 0 saturated carbocycles. The van der Waals surface area contributed by atoms with Crippen molar-refractivity contribution in [3.05, 3.63) is 47.9 Å². The van der Waals surface area contributed by atoms with Gasteiger partial charge in [0.1, 0.15) is 17.5 Å². The Balaban J connectivity index is 2.42. The molecule has 5 heteroatoms. The summed E-state index contributed by atoms with van der Waals surface area (Å²) in [5.41, 5.74) is 10.4. The van der Waals surface area contributed by atoms with Gasteiger partial charge in [0.15, 0.2) is 0 Å². The summed E-state index contributed by atoms with van der Waals surface area (Å²) in [5.74, 6) is 0.777. The van der Waals surface area contributed by atoms with Gasteiger partial charge < -0.3 is 14.9 Å². The Morgan fingerprint density at radius 3 is 2.90 bits per heavy atom. The Morgan fingerprint density at radius 1 is 1.38 bits per heavy atom. The van der Waals surface area contributed by atoms with Crippen molar-refractivity contribution in [1.82, 2.24) is 9.38 Å². The summed E-state index contributed by atoms with van der Waals surface area (Å²) >= 11 is 0. The van der Waals surface area contributed by atoms with Crippen molar-refractivity contribution in [2.75, 3.05) is 12.8 Å². The van der Waals surface area contributed by atoms with Crippen LogP contribution in [0.25, 0.3) is 16.8 Å². The lowest BCUT2D eigenvalue weighted by atomic mass is 9.97. The fourth-order valence-corrected chi connectivity index (χ4v) is 2.54. The van der Waals surface area contributed by atoms with E-state index in [-0.39, 0.29) is 0 Å². The smallest absolute Gasteiger partial charge is 0.146 e. The Hall–Kier alpha value is -3.00. The molecule has 2 aromatic heterocycles. The maximum atomic E-state index is 9.27. The van der Waals surface area contributed by atoms with Crippen LogP contribution in [0.1, 0.15) is 11.1 Å². The Labute approximate surface area is 122 Å². The fourth-order valence-electron chi connectivity index (χ4n) is 2.54. The van der Waals surface area contributed by atoms with Gasteiger partial charge in [-0.15, -0.1) is 0 Å². The molecule has 2 heterocycles. The van der Waals surface area contributed by atoms with Gasteiger partial charge in [0.2, 0.25) is 0 Å². The summed E-state index contributed by atoms with van der Waals surface area (Å²) < 4.78 is 7.17. The number of anilines is 1. The van der Waals surface area contributed by atoms with Crippen LogP contribution in [0.2, 0.25) is 0 Å². The zero-order valence-electron chi connectivity index (χ0n) is 11.8. The van der Waals surface area contributed by atoms with Gasteiger partial charge in [-0.05, 0) is 24.1 Å². The molecule has 3 aromatic rings. The largest absolute Gasteiger partial charge is 0.496 e. The number of nitriles is 1. The maximum Gasteiger partial charge on any atom is 0.146 e. The van der Waals surface area contributed by atoms with Crippen molar-refractivity contribution in [1.29, 1.82) is 5.26 Å². The molecule has 0 aliphatic carbocycles. The molecular weight excluding hydrogens is 264 g/mol. The number of nitrogens with two attached hydrogens (primary N) is 1. The summed E-state index contributed by atoms with van der Waals surface area (Å²) in [5, 5.41) is 9.27. The molecule has 2 N–H and O–H groups in total. The van der Waals surface area contributed by atoms with E-state index >= 15 is 0 Å². The molecule has 0 atom stereocenters. The number of nitrogens with zero attached hydrogens (tertiary/aromatic N) is 3. The molecule has 0 fully saturated rings. The number of fused-ring (bicyclic) bond motifs is 1. The van der Waals surface area contributed by atoms with E-state index in [0.29, 0.717) is 11.3 Å². The number of ether oxygens (including phenoxy) is 1. The molecular formula is C16H14N4O. The Morgan fingerprint density at radius 2 is 2.19 bits per heavy atom. The molecule has 5 nitrogen and oxygen atoms in total. The van der Waals surface area contributed by atoms with E-state index in [4.69, 9.17) is 10.5 Å². The third kappa shape index (κ3) is 1.89. The van der Waals surface area contributed by atoms with Crippen LogP contribution in [0.4, 0.5) is 5.69 Å². The van der Waals surface area contributed by atoms with Crippen molar-refractivity contribution < 1.29 is 4.74 Å². The van der Waals surface area contributed by atoms with Gasteiger partial charge in [-0.3, -0.25) is 0 Å². The highest BCUT2D eigenvalue weighted by Crippen LogP contribution is 2.37. The van der Waals surface area contributed by atoms with E-state index in [1.165, 1.54) is 0 Å². The maximum absolute atomic E-state index is 9.27. The van der Waals surface area contributed by atoms with E-state index in [1.54, 1.807) is 25.7 Å². The van der Waals surface area contributed by atoms with E-state index < -0.39 is 0 Å². The predicted molar refractivity (Wildman–Crippen MR) is 81.0 cm³/mol. The van der Waals surface area contributed by atoms with Crippen molar-refractivity contribution in [2.24, 2.45) is 0 Å². The first-order valence-electron chi connectivity index (χ1n) is 6.46. The molecule has 0 aliphatic rings. The molecule has 0 radical (unpaired) electrons. The molecule has 0 amide bonds. The second-order valence-corrected chi connectivity index (χ2v) is 4.73. The van der Waals surface area contributed by atoms with Crippen LogP contribution in [-0.4, -0.2) is 16.5 Å². The molecule has 0 aliphatic heterocycles. The van der Waals surface area contributed by atoms with Crippen LogP contribution in [-0.2, 0) is 0 Å². The van der Waals surface area contributed by atoms with Gasteiger partial charge in [-0.2, -0.15) is 5.26 Å². The van der Waals surface area contributed by atoms with Crippen molar-refractivity contribution >= 4 is 11.3 Å². The molecule has 0 bridgehead atoms. The van der Waals surface area contributed by atoms with Crippen LogP contribution < -0.4 is 10.5 Å². The monoisotopic (exact) mass is 278 g/mol. The summed E-state index contributed by atoms with van der Waals surface area (Å²) in [6.07, 6.45) is 5.18. The number of hydrogen-bond donors (Lipinski definition) is 1. The number of hydrogen-bond acceptors (Lipinski definition) is 4. The lowest BCUT2D eigenvalue weighted by molar-refractivity contribution is 0.412. The van der Waals surface area contributed by atoms with Crippen LogP contribution in [0.15, 0.2) is 36.8 Å². The highest BCUT2D eigenvalue weighted by Gasteiger charge is 2.17. The fraction of sp³-hybridized carbons (Fsp3) is 0.125. The lowest BCUT2D eigenvalue weighted by Crippen LogP contribution is -2.01. The first kappa shape index (κ1) is 13.0. The third-order valence-corrected chi connectivity index (χ3v) is 3.61. The zero-order chi connectivity index (χ0) is 15.0. The van der Waals surface area contributed by atoms with Crippen LogP contribution in [0.3, 0.4) is 0 Å². The SMILES string of the molecule is COc1cccc(-c2c(N)c(C#N)cn3ccnc23)c1C. The Kier molecular flexibility index (Phi) is 2.99. The summed E-state index contributed by atoms with van der Waals surface area (Å²) in [6.45, 7) is 1.96. The number of pyridine rings is 1. The highest BCUT2D eigenvalue weighted by molar-refractivity contribution is 5.92. The van der Waals surface area contributed by atoms with Gasteiger partial charge in [-0.1, -0.05) is 12.1 Å². The zero-order valence-corrected chi connectivity index (χ0v) is 11.8. The minimum atomic E-state index is 0.428. The number of aromatic nitrogens is 2. The first-order valence-corrected chi connectivity index (χ1v) is 6.46. The lowest BCUT2D eigenvalue weighted by Gasteiger charge is -2.14. The highest BCUT2D eigenvalue weighted by atomic mass is 16.5. The van der Waals surface area contributed by atoms with E-state index in [0.717, 1.165) is 28.1 Å². The molecule has 21 heavy (non-hydrogen) atoms. The number of nitrogen functional groups attached to an aromatic ring is 1. The van der Waals surface area contributed by atoms with Crippen LogP contribution in [0, 0.1) is 18.3 Å². The second kappa shape index (κ2) is 4.84. The summed E-state index contributed by atoms with van der Waals surface area (Å²) in [7, 11) is 1.63. The molecule has 3 rings (SSSR count). The van der Waals surface area contributed by atoms with Crippen LogP contribution >= 0.6 is 0 Å². The quantitative estimate of drug-likeness (QED) is 0.782. The standard InChI is InChI=1S/C16H14N4O/c1-10-12(4-3-5-13(10)21-2)14-15(18)11(8-17)9-20-7-6-19-16(14)20/h3-7,9H,18H2,1-2H3. The predicted octanol–water partition coefficient (Wildman–Crippen LogP) is 2.77. The molecule has 1 aromatic carbocycles. The van der Waals surface area contributed by atoms with Crippen LogP contribution in [0.5, 0.6) is 5.75 Å². The van der Waals surface area contributed by atoms with Gasteiger partial charge in [0.05, 0.1) is 18.4 Å². The number of methoxy groups -OCH3 is 1. The van der Waals surface area contributed by atoms with Gasteiger partial charge in [-0.25, -0.2) is 4.98 Å². The normalized spacial score (nSPS) is 10.5. The van der Waals surface area contributed by atoms with Crippen molar-refractivity contribution in [3.63, 3.8) is 0 Å². The van der Waals surface area contributed by atoms with Gasteiger partial charge >= 0.3 is 0 Å². The minimum Gasteiger partial charge on any atom is -0.496 e. The number of benzene rings is 1. The van der Waals surface area contributed by atoms with Crippen molar-refractivity contribution in [2.45, 2.75) is 6.92 Å². The average Bonchev–Trinajstić information content (AvgIpc) is 2.95. The Bertz CT molecular complexity index is 874. The van der Waals surface area contributed by atoms with Gasteiger partial charge in [0, 0.05) is 24.2 Å². The van der Waals surface area contributed by atoms with E-state index in [9.17, 15) is 5.26 Å². The number of rotatable bonds is 2. The van der Waals surface area contributed by atoms with E-state index in [1.807, 2.05) is 29.5 Å². The molecule has 0 spiro atoms. The molecule has 0 saturated heterocycles. The van der Waals surface area contributed by atoms with E-state index in [2.05, 4.69) is 11.1 Å². The summed E-state index contributed by atoms with van der Waals surface area (Å²) in [4.78, 5) is 4.36. The second-order valence-electron chi connectivity index (χ2n) is 4.73. The molecule has 0 unspecified atom stereocenters. The molecule has 104 valence electrons. The number of imidazole rings is 1. The first-order chi connectivity index (χ1) is 10.2. The topological polar surface area (TPSA) is 76.3 Å². The summed E-state index contributed by atoms with van der Waals surface area (Å²) in [6, 6.07) is 7.88. The minimum absolute atomic E-state index is 0.428.